The average Bonchev–Trinajstić information content (AvgIpc) is 2.87. The maximum atomic E-state index is 11.9. The molecule has 3 aromatic rings. The minimum absolute atomic E-state index is 0.316. The summed E-state index contributed by atoms with van der Waals surface area (Å²) in [6, 6.07) is 9.68. The Balaban J connectivity index is 2.29. The summed E-state index contributed by atoms with van der Waals surface area (Å²) in [6.45, 7) is 1.67. The Morgan fingerprint density at radius 3 is 2.80 bits per heavy atom. The quantitative estimate of drug-likeness (QED) is 0.668. The van der Waals surface area contributed by atoms with Gasteiger partial charge in [0.25, 0.3) is 0 Å². The first kappa shape index (κ1) is 12.3. The molecule has 20 heavy (non-hydrogen) atoms. The first-order chi connectivity index (χ1) is 9.72. The third-order valence-electron chi connectivity index (χ3n) is 3.15. The topological polar surface area (TPSA) is 65.2 Å². The first-order valence-electron chi connectivity index (χ1n) is 6.11. The van der Waals surface area contributed by atoms with Crippen LogP contribution in [0.15, 0.2) is 41.1 Å². The third-order valence-corrected chi connectivity index (χ3v) is 3.15. The van der Waals surface area contributed by atoms with Gasteiger partial charge in [0.05, 0.1) is 7.11 Å². The number of carbonyl (C=O) groups is 1. The number of carbonyl (C=O) groups excluding carboxylic acids is 1. The van der Waals surface area contributed by atoms with Crippen LogP contribution in [0.25, 0.3) is 22.2 Å². The lowest BCUT2D eigenvalue weighted by Gasteiger charge is -2.04. The van der Waals surface area contributed by atoms with Crippen molar-refractivity contribution in [2.75, 3.05) is 7.11 Å². The fourth-order valence-electron chi connectivity index (χ4n) is 2.18. The van der Waals surface area contributed by atoms with E-state index in [0.717, 1.165) is 10.8 Å². The van der Waals surface area contributed by atoms with Crippen molar-refractivity contribution in [2.24, 2.45) is 0 Å². The SMILES string of the molecule is COC(=O)c1c(-c2nccc3ccccc23)noc1C. The zero-order chi connectivity index (χ0) is 14.1. The van der Waals surface area contributed by atoms with E-state index < -0.39 is 5.97 Å². The van der Waals surface area contributed by atoms with Crippen LogP contribution in [0.4, 0.5) is 0 Å². The summed E-state index contributed by atoms with van der Waals surface area (Å²) < 4.78 is 9.91. The van der Waals surface area contributed by atoms with Crippen LogP contribution in [0, 0.1) is 6.92 Å². The van der Waals surface area contributed by atoms with E-state index in [1.807, 2.05) is 30.3 Å². The van der Waals surface area contributed by atoms with Gasteiger partial charge in [-0.15, -0.1) is 0 Å². The number of methoxy groups -OCH3 is 1. The number of esters is 1. The van der Waals surface area contributed by atoms with Crippen LogP contribution in [0.3, 0.4) is 0 Å². The van der Waals surface area contributed by atoms with Crippen molar-refractivity contribution in [3.05, 3.63) is 47.9 Å². The summed E-state index contributed by atoms with van der Waals surface area (Å²) in [5, 5.41) is 5.90. The van der Waals surface area contributed by atoms with Gasteiger partial charge in [0.1, 0.15) is 22.7 Å². The minimum Gasteiger partial charge on any atom is -0.465 e. The second kappa shape index (κ2) is 4.77. The fourth-order valence-corrected chi connectivity index (χ4v) is 2.18. The normalized spacial score (nSPS) is 10.7. The molecule has 0 unspecified atom stereocenters. The predicted octanol–water partition coefficient (Wildman–Crippen LogP) is 2.98. The molecule has 0 aliphatic rings. The summed E-state index contributed by atoms with van der Waals surface area (Å²) >= 11 is 0. The van der Waals surface area contributed by atoms with Crippen LogP contribution < -0.4 is 0 Å². The number of pyridine rings is 1. The van der Waals surface area contributed by atoms with Gasteiger partial charge in [-0.05, 0) is 18.4 Å². The molecule has 0 atom stereocenters. The number of benzene rings is 1. The number of nitrogens with zero attached hydrogens (tertiary/aromatic N) is 2. The molecule has 0 N–H and O–H groups in total. The summed E-state index contributed by atoms with van der Waals surface area (Å²) in [4.78, 5) is 16.2. The minimum atomic E-state index is -0.478. The van der Waals surface area contributed by atoms with E-state index >= 15 is 0 Å². The molecular weight excluding hydrogens is 256 g/mol. The van der Waals surface area contributed by atoms with Crippen molar-refractivity contribution in [1.29, 1.82) is 0 Å². The second-order valence-electron chi connectivity index (χ2n) is 4.33. The lowest BCUT2D eigenvalue weighted by molar-refractivity contribution is 0.0599. The Hall–Kier alpha value is -2.69. The number of hydrogen-bond acceptors (Lipinski definition) is 5. The van der Waals surface area contributed by atoms with Gasteiger partial charge >= 0.3 is 5.97 Å². The van der Waals surface area contributed by atoms with Crippen LogP contribution in [-0.4, -0.2) is 23.2 Å². The van der Waals surface area contributed by atoms with E-state index in [0.29, 0.717) is 22.7 Å². The van der Waals surface area contributed by atoms with Crippen LogP contribution in [-0.2, 0) is 4.74 Å². The number of rotatable bonds is 2. The molecule has 0 saturated heterocycles. The van der Waals surface area contributed by atoms with Crippen LogP contribution >= 0.6 is 0 Å². The van der Waals surface area contributed by atoms with Gasteiger partial charge in [-0.3, -0.25) is 4.98 Å². The van der Waals surface area contributed by atoms with E-state index in [1.165, 1.54) is 7.11 Å². The summed E-state index contributed by atoms with van der Waals surface area (Å²) in [6.07, 6.45) is 1.68. The maximum Gasteiger partial charge on any atom is 0.343 e. The van der Waals surface area contributed by atoms with Crippen molar-refractivity contribution < 1.29 is 14.1 Å². The Morgan fingerprint density at radius 2 is 2.00 bits per heavy atom. The molecule has 0 radical (unpaired) electrons. The number of aromatic nitrogens is 2. The smallest absolute Gasteiger partial charge is 0.343 e. The zero-order valence-corrected chi connectivity index (χ0v) is 11.1. The molecular formula is C15H12N2O3. The molecule has 0 bridgehead atoms. The Bertz CT molecular complexity index is 787. The highest BCUT2D eigenvalue weighted by Gasteiger charge is 2.24. The summed E-state index contributed by atoms with van der Waals surface area (Å²) in [7, 11) is 1.33. The first-order valence-corrected chi connectivity index (χ1v) is 6.11. The van der Waals surface area contributed by atoms with Crippen LogP contribution in [0.5, 0.6) is 0 Å². The third kappa shape index (κ3) is 1.84. The molecule has 5 heteroatoms. The molecule has 1 aromatic carbocycles. The number of ether oxygens (including phenoxy) is 1. The standard InChI is InChI=1S/C15H12N2O3/c1-9-12(15(18)19-2)14(17-20-9)13-11-6-4-3-5-10(11)7-8-16-13/h3-8H,1-2H3. The van der Waals surface area contributed by atoms with E-state index in [-0.39, 0.29) is 0 Å². The average molecular weight is 268 g/mol. The summed E-state index contributed by atoms with van der Waals surface area (Å²) in [5.74, 6) is -0.0601. The molecule has 0 saturated carbocycles. The largest absolute Gasteiger partial charge is 0.465 e. The highest BCUT2D eigenvalue weighted by molar-refractivity contribution is 6.02. The van der Waals surface area contributed by atoms with E-state index in [9.17, 15) is 4.79 Å². The van der Waals surface area contributed by atoms with Crippen molar-refractivity contribution >= 4 is 16.7 Å². The van der Waals surface area contributed by atoms with Gasteiger partial charge in [0.2, 0.25) is 0 Å². The molecule has 2 aromatic heterocycles. The highest BCUT2D eigenvalue weighted by atomic mass is 16.5. The molecule has 0 amide bonds. The van der Waals surface area contributed by atoms with Crippen molar-refractivity contribution in [3.63, 3.8) is 0 Å². The fraction of sp³-hybridized carbons (Fsp3) is 0.133. The monoisotopic (exact) mass is 268 g/mol. The van der Waals surface area contributed by atoms with E-state index in [2.05, 4.69) is 10.1 Å². The highest BCUT2D eigenvalue weighted by Crippen LogP contribution is 2.29. The van der Waals surface area contributed by atoms with Gasteiger partial charge in [-0.25, -0.2) is 4.79 Å². The zero-order valence-electron chi connectivity index (χ0n) is 11.1. The van der Waals surface area contributed by atoms with Gasteiger partial charge in [-0.1, -0.05) is 29.4 Å². The Kier molecular flexibility index (Phi) is 2.95. The molecule has 2 heterocycles. The number of fused-ring (bicyclic) bond motifs is 1. The summed E-state index contributed by atoms with van der Waals surface area (Å²) in [5.41, 5.74) is 1.34. The maximum absolute atomic E-state index is 11.9. The Morgan fingerprint density at radius 1 is 1.20 bits per heavy atom. The van der Waals surface area contributed by atoms with Gasteiger partial charge in [0.15, 0.2) is 0 Å². The Labute approximate surface area is 115 Å². The molecule has 100 valence electrons. The molecule has 0 aliphatic carbocycles. The number of aryl methyl sites for hydroxylation is 1. The second-order valence-corrected chi connectivity index (χ2v) is 4.33. The van der Waals surface area contributed by atoms with Crippen molar-refractivity contribution in [1.82, 2.24) is 10.1 Å². The van der Waals surface area contributed by atoms with Crippen molar-refractivity contribution in [2.45, 2.75) is 6.92 Å². The number of hydrogen-bond donors (Lipinski definition) is 0. The van der Waals surface area contributed by atoms with Crippen LogP contribution in [0.2, 0.25) is 0 Å². The van der Waals surface area contributed by atoms with Crippen LogP contribution in [0.1, 0.15) is 16.1 Å². The molecule has 5 nitrogen and oxygen atoms in total. The molecule has 3 rings (SSSR count). The van der Waals surface area contributed by atoms with Gasteiger partial charge in [-0.2, -0.15) is 0 Å². The molecule has 0 fully saturated rings. The molecule has 0 aliphatic heterocycles. The lowest BCUT2D eigenvalue weighted by Crippen LogP contribution is -2.04. The van der Waals surface area contributed by atoms with Gasteiger partial charge in [0, 0.05) is 11.6 Å². The van der Waals surface area contributed by atoms with E-state index in [4.69, 9.17) is 9.26 Å². The van der Waals surface area contributed by atoms with Crippen molar-refractivity contribution in [3.8, 4) is 11.4 Å². The van der Waals surface area contributed by atoms with E-state index in [1.54, 1.807) is 13.1 Å². The van der Waals surface area contributed by atoms with Gasteiger partial charge < -0.3 is 9.26 Å². The lowest BCUT2D eigenvalue weighted by atomic mass is 10.0. The predicted molar refractivity (Wildman–Crippen MR) is 73.3 cm³/mol. The molecule has 0 spiro atoms.